The molecule has 0 saturated heterocycles. The van der Waals surface area contributed by atoms with Crippen LogP contribution in [-0.4, -0.2) is 19.9 Å². The van der Waals surface area contributed by atoms with Crippen molar-refractivity contribution in [2.24, 2.45) is 0 Å². The SMILES string of the molecule is Cc1ccc(S(=O)(=O)NCCc2nc(C)c(Cc3ccccc3)s2)s1. The molecule has 0 fully saturated rings. The van der Waals surface area contributed by atoms with Crippen LogP contribution in [0, 0.1) is 13.8 Å². The topological polar surface area (TPSA) is 59.1 Å². The summed E-state index contributed by atoms with van der Waals surface area (Å²) in [4.78, 5) is 6.81. The highest BCUT2D eigenvalue weighted by Crippen LogP contribution is 2.23. The van der Waals surface area contributed by atoms with Gasteiger partial charge in [-0.3, -0.25) is 0 Å². The van der Waals surface area contributed by atoms with E-state index >= 15 is 0 Å². The Balaban J connectivity index is 1.60. The molecule has 0 aliphatic carbocycles. The van der Waals surface area contributed by atoms with E-state index in [1.807, 2.05) is 38.1 Å². The maximum absolute atomic E-state index is 12.2. The summed E-state index contributed by atoms with van der Waals surface area (Å²) in [5.41, 5.74) is 2.29. The minimum Gasteiger partial charge on any atom is -0.246 e. The van der Waals surface area contributed by atoms with Crippen LogP contribution in [0.3, 0.4) is 0 Å². The molecule has 0 atom stereocenters. The number of rotatable bonds is 7. The number of nitrogens with one attached hydrogen (secondary N) is 1. The second-order valence-electron chi connectivity index (χ2n) is 5.79. The van der Waals surface area contributed by atoms with E-state index in [9.17, 15) is 8.42 Å². The van der Waals surface area contributed by atoms with Crippen LogP contribution in [0.5, 0.6) is 0 Å². The van der Waals surface area contributed by atoms with Crippen molar-refractivity contribution in [2.75, 3.05) is 6.54 Å². The predicted molar refractivity (Wildman–Crippen MR) is 104 cm³/mol. The standard InChI is InChI=1S/C18H20N2O2S3/c1-13-8-9-18(23-13)25(21,22)19-11-10-17-20-14(2)16(24-17)12-15-6-4-3-5-7-15/h3-9,19H,10-12H2,1-2H3. The summed E-state index contributed by atoms with van der Waals surface area (Å²) < 4.78 is 27.5. The molecular formula is C18H20N2O2S3. The minimum absolute atomic E-state index is 0.358. The van der Waals surface area contributed by atoms with Crippen molar-refractivity contribution in [1.82, 2.24) is 9.71 Å². The molecule has 25 heavy (non-hydrogen) atoms. The Morgan fingerprint density at radius 1 is 1.04 bits per heavy atom. The Kier molecular flexibility index (Phi) is 5.68. The Morgan fingerprint density at radius 3 is 2.48 bits per heavy atom. The molecule has 1 N–H and O–H groups in total. The Bertz CT molecular complexity index is 944. The summed E-state index contributed by atoms with van der Waals surface area (Å²) in [5.74, 6) is 0. The van der Waals surface area contributed by atoms with Crippen LogP contribution in [0.15, 0.2) is 46.7 Å². The van der Waals surface area contributed by atoms with Crippen LogP contribution < -0.4 is 4.72 Å². The average Bonchev–Trinajstić information content (AvgIpc) is 3.15. The van der Waals surface area contributed by atoms with Crippen molar-refractivity contribution in [1.29, 1.82) is 0 Å². The summed E-state index contributed by atoms with van der Waals surface area (Å²) in [6.07, 6.45) is 1.47. The lowest BCUT2D eigenvalue weighted by molar-refractivity contribution is 0.583. The van der Waals surface area contributed by atoms with E-state index in [1.165, 1.54) is 21.8 Å². The minimum atomic E-state index is -3.42. The molecule has 132 valence electrons. The molecule has 0 bridgehead atoms. The molecule has 7 heteroatoms. The average molecular weight is 393 g/mol. The summed E-state index contributed by atoms with van der Waals surface area (Å²) >= 11 is 2.95. The normalized spacial score (nSPS) is 11.8. The van der Waals surface area contributed by atoms with Crippen LogP contribution in [0.25, 0.3) is 0 Å². The molecule has 0 saturated carbocycles. The fraction of sp³-hybridized carbons (Fsp3) is 0.278. The van der Waals surface area contributed by atoms with Crippen LogP contribution in [0.4, 0.5) is 0 Å². The molecule has 2 heterocycles. The maximum atomic E-state index is 12.2. The number of hydrogen-bond acceptors (Lipinski definition) is 5. The molecule has 3 aromatic rings. The van der Waals surface area contributed by atoms with Crippen molar-refractivity contribution in [3.05, 3.63) is 68.5 Å². The van der Waals surface area contributed by atoms with Crippen molar-refractivity contribution < 1.29 is 8.42 Å². The number of aromatic nitrogens is 1. The van der Waals surface area contributed by atoms with Crippen molar-refractivity contribution in [3.8, 4) is 0 Å². The van der Waals surface area contributed by atoms with Gasteiger partial charge in [-0.05, 0) is 31.5 Å². The Hall–Kier alpha value is -1.54. The Labute approximate surface area is 156 Å². The van der Waals surface area contributed by atoms with E-state index in [2.05, 4.69) is 21.8 Å². The predicted octanol–water partition coefficient (Wildman–Crippen LogP) is 3.93. The van der Waals surface area contributed by atoms with Gasteiger partial charge >= 0.3 is 0 Å². The molecule has 3 rings (SSSR count). The number of thiophene rings is 1. The first-order chi connectivity index (χ1) is 11.9. The summed E-state index contributed by atoms with van der Waals surface area (Å²) in [6.45, 7) is 4.27. The van der Waals surface area contributed by atoms with Crippen LogP contribution >= 0.6 is 22.7 Å². The third-order valence-corrected chi connectivity index (χ3v) is 7.93. The molecule has 0 amide bonds. The lowest BCUT2D eigenvalue weighted by atomic mass is 10.1. The largest absolute Gasteiger partial charge is 0.250 e. The number of nitrogens with zero attached hydrogens (tertiary/aromatic N) is 1. The zero-order valence-electron chi connectivity index (χ0n) is 14.2. The van der Waals surface area contributed by atoms with Gasteiger partial charge in [0.25, 0.3) is 0 Å². The first-order valence-corrected chi connectivity index (χ1v) is 11.1. The summed E-state index contributed by atoms with van der Waals surface area (Å²) in [5, 5.41) is 0.966. The van der Waals surface area contributed by atoms with Gasteiger partial charge in [-0.2, -0.15) is 0 Å². The molecule has 0 spiro atoms. The fourth-order valence-electron chi connectivity index (χ4n) is 2.46. The molecule has 4 nitrogen and oxygen atoms in total. The molecule has 1 aromatic carbocycles. The molecule has 2 aromatic heterocycles. The molecule has 0 unspecified atom stereocenters. The highest BCUT2D eigenvalue weighted by Gasteiger charge is 2.16. The number of aryl methyl sites for hydroxylation is 2. The van der Waals surface area contributed by atoms with Gasteiger partial charge in [0, 0.05) is 29.1 Å². The van der Waals surface area contributed by atoms with E-state index in [4.69, 9.17) is 0 Å². The van der Waals surface area contributed by atoms with Gasteiger partial charge in [0.2, 0.25) is 10.0 Å². The van der Waals surface area contributed by atoms with Gasteiger partial charge in [-0.25, -0.2) is 18.1 Å². The van der Waals surface area contributed by atoms with Crippen molar-refractivity contribution in [2.45, 2.75) is 30.9 Å². The zero-order chi connectivity index (χ0) is 17.9. The lowest BCUT2D eigenvalue weighted by Crippen LogP contribution is -2.25. The van der Waals surface area contributed by atoms with Gasteiger partial charge in [-0.1, -0.05) is 30.3 Å². The van der Waals surface area contributed by atoms with E-state index in [-0.39, 0.29) is 0 Å². The summed E-state index contributed by atoms with van der Waals surface area (Å²) in [7, 11) is -3.42. The number of thiazole rings is 1. The highest BCUT2D eigenvalue weighted by molar-refractivity contribution is 7.91. The highest BCUT2D eigenvalue weighted by atomic mass is 32.2. The first kappa shape index (κ1) is 18.3. The third kappa shape index (κ3) is 4.76. The van der Waals surface area contributed by atoms with Crippen molar-refractivity contribution in [3.63, 3.8) is 0 Å². The molecule has 0 aliphatic heterocycles. The molecular weight excluding hydrogens is 372 g/mol. The quantitative estimate of drug-likeness (QED) is 0.663. The van der Waals surface area contributed by atoms with Gasteiger partial charge < -0.3 is 0 Å². The van der Waals surface area contributed by atoms with Crippen LogP contribution in [-0.2, 0) is 22.9 Å². The van der Waals surface area contributed by atoms with Crippen LogP contribution in [0.2, 0.25) is 0 Å². The molecule has 0 radical (unpaired) electrons. The van der Waals surface area contributed by atoms with E-state index in [1.54, 1.807) is 17.4 Å². The fourth-order valence-corrected chi connectivity index (χ4v) is 5.92. The lowest BCUT2D eigenvalue weighted by Gasteiger charge is -2.03. The van der Waals surface area contributed by atoms with Gasteiger partial charge in [-0.15, -0.1) is 22.7 Å². The Morgan fingerprint density at radius 2 is 1.80 bits per heavy atom. The van der Waals surface area contributed by atoms with Gasteiger partial charge in [0.15, 0.2) is 0 Å². The van der Waals surface area contributed by atoms with Gasteiger partial charge in [0.1, 0.15) is 4.21 Å². The van der Waals surface area contributed by atoms with E-state index in [0.29, 0.717) is 17.2 Å². The number of hydrogen-bond donors (Lipinski definition) is 1. The second-order valence-corrected chi connectivity index (χ2v) is 10.2. The summed E-state index contributed by atoms with van der Waals surface area (Å²) in [6, 6.07) is 13.8. The number of sulfonamides is 1. The first-order valence-electron chi connectivity index (χ1n) is 7.99. The zero-order valence-corrected chi connectivity index (χ0v) is 16.6. The van der Waals surface area contributed by atoms with Gasteiger partial charge in [0.05, 0.1) is 10.7 Å². The van der Waals surface area contributed by atoms with E-state index < -0.39 is 10.0 Å². The smallest absolute Gasteiger partial charge is 0.246 e. The van der Waals surface area contributed by atoms with Crippen molar-refractivity contribution >= 4 is 32.7 Å². The number of benzene rings is 1. The molecule has 0 aliphatic rings. The van der Waals surface area contributed by atoms with E-state index in [0.717, 1.165) is 22.0 Å². The third-order valence-electron chi connectivity index (χ3n) is 3.76. The second kappa shape index (κ2) is 7.78. The monoisotopic (exact) mass is 392 g/mol. The maximum Gasteiger partial charge on any atom is 0.250 e. The van der Waals surface area contributed by atoms with Crippen LogP contribution in [0.1, 0.15) is 26.0 Å².